The Morgan fingerprint density at radius 2 is 2.05 bits per heavy atom. The average Bonchev–Trinajstić information content (AvgIpc) is 2.79. The van der Waals surface area contributed by atoms with Crippen molar-refractivity contribution >= 4 is 50.8 Å². The molecule has 1 aliphatic carbocycles. The van der Waals surface area contributed by atoms with Gasteiger partial charge in [-0.3, -0.25) is 4.79 Å². The molecule has 20 heavy (non-hydrogen) atoms. The first-order chi connectivity index (χ1) is 9.29. The van der Waals surface area contributed by atoms with E-state index in [1.807, 2.05) is 0 Å². The number of carboxylic acid groups (broad SMARTS) is 2. The van der Waals surface area contributed by atoms with Gasteiger partial charge in [0.05, 0.1) is 4.34 Å². The van der Waals surface area contributed by atoms with Crippen molar-refractivity contribution in [2.24, 2.45) is 0 Å². The van der Waals surface area contributed by atoms with Crippen LogP contribution in [0.5, 0.6) is 0 Å². The van der Waals surface area contributed by atoms with Crippen molar-refractivity contribution < 1.29 is 19.8 Å². The second-order valence-electron chi connectivity index (χ2n) is 4.46. The third-order valence-corrected chi connectivity index (χ3v) is 5.90. The highest BCUT2D eigenvalue weighted by Gasteiger charge is 2.48. The van der Waals surface area contributed by atoms with Crippen molar-refractivity contribution in [3.63, 3.8) is 0 Å². The zero-order valence-electron chi connectivity index (χ0n) is 10.3. The zero-order valence-corrected chi connectivity index (χ0v) is 13.5. The summed E-state index contributed by atoms with van der Waals surface area (Å²) in [6.07, 6.45) is 1.37. The van der Waals surface area contributed by atoms with Gasteiger partial charge in [-0.05, 0) is 30.7 Å². The molecule has 0 amide bonds. The molecule has 1 aliphatic rings. The Morgan fingerprint density at radius 3 is 2.50 bits per heavy atom. The fourth-order valence-corrected chi connectivity index (χ4v) is 4.23. The summed E-state index contributed by atoms with van der Waals surface area (Å²) in [7, 11) is 0. The van der Waals surface area contributed by atoms with Crippen LogP contribution >= 0.6 is 38.9 Å². The Morgan fingerprint density at radius 1 is 1.40 bits per heavy atom. The monoisotopic (exact) mass is 376 g/mol. The lowest BCUT2D eigenvalue weighted by atomic mass is 9.75. The van der Waals surface area contributed by atoms with Crippen LogP contribution in [0.3, 0.4) is 0 Å². The van der Waals surface area contributed by atoms with E-state index < -0.39 is 17.4 Å². The van der Waals surface area contributed by atoms with Gasteiger partial charge in [0.15, 0.2) is 0 Å². The molecular weight excluding hydrogens is 368 g/mol. The van der Waals surface area contributed by atoms with Gasteiger partial charge < -0.3 is 10.2 Å². The van der Waals surface area contributed by atoms with Gasteiger partial charge in [-0.25, -0.2) is 4.79 Å². The molecule has 1 aromatic heterocycles. The van der Waals surface area contributed by atoms with Crippen molar-refractivity contribution in [2.45, 2.75) is 18.8 Å². The molecule has 0 radical (unpaired) electrons. The highest BCUT2D eigenvalue weighted by molar-refractivity contribution is 9.11. The molecular formula is C13H10BrClO4S. The van der Waals surface area contributed by atoms with Crippen molar-refractivity contribution in [2.75, 3.05) is 0 Å². The van der Waals surface area contributed by atoms with Crippen LogP contribution in [0.2, 0.25) is 4.34 Å². The summed E-state index contributed by atoms with van der Waals surface area (Å²) in [4.78, 5) is 23.6. The SMILES string of the molecule is CC1=C(Br)C(C(=O)O)(c2ccc(Cl)s2)CC(C(=O)O)=C1. The predicted octanol–water partition coefficient (Wildman–Crippen LogP) is 3.81. The summed E-state index contributed by atoms with van der Waals surface area (Å²) in [5, 5.41) is 18.9. The number of carbonyl (C=O) groups is 2. The van der Waals surface area contributed by atoms with E-state index in [0.29, 0.717) is 19.3 Å². The summed E-state index contributed by atoms with van der Waals surface area (Å²) < 4.78 is 0.922. The predicted molar refractivity (Wildman–Crippen MR) is 80.6 cm³/mol. The van der Waals surface area contributed by atoms with Gasteiger partial charge in [0.25, 0.3) is 0 Å². The van der Waals surface area contributed by atoms with Gasteiger partial charge >= 0.3 is 11.9 Å². The quantitative estimate of drug-likeness (QED) is 0.840. The fraction of sp³-hybridized carbons (Fsp3) is 0.231. The number of aliphatic carboxylic acids is 2. The first-order valence-corrected chi connectivity index (χ1v) is 7.57. The van der Waals surface area contributed by atoms with Crippen molar-refractivity contribution in [1.82, 2.24) is 0 Å². The first-order valence-electron chi connectivity index (χ1n) is 5.59. The third kappa shape index (κ3) is 2.32. The number of halogens is 2. The van der Waals surface area contributed by atoms with Crippen LogP contribution < -0.4 is 0 Å². The van der Waals surface area contributed by atoms with E-state index in [1.54, 1.807) is 19.1 Å². The molecule has 0 saturated heterocycles. The van der Waals surface area contributed by atoms with E-state index in [2.05, 4.69) is 15.9 Å². The Kier molecular flexibility index (Phi) is 4.09. The van der Waals surface area contributed by atoms with E-state index in [0.717, 1.165) is 11.3 Å². The molecule has 1 heterocycles. The molecule has 0 aliphatic heterocycles. The van der Waals surface area contributed by atoms with E-state index >= 15 is 0 Å². The first kappa shape index (κ1) is 15.3. The summed E-state index contributed by atoms with van der Waals surface area (Å²) >= 11 is 10.4. The lowest BCUT2D eigenvalue weighted by Gasteiger charge is -2.32. The largest absolute Gasteiger partial charge is 0.480 e. The van der Waals surface area contributed by atoms with E-state index in [9.17, 15) is 19.8 Å². The molecule has 106 valence electrons. The van der Waals surface area contributed by atoms with Crippen LogP contribution in [-0.4, -0.2) is 22.2 Å². The Balaban J connectivity index is 2.68. The Labute approximate surface area is 132 Å². The minimum atomic E-state index is -1.43. The maximum atomic E-state index is 11.9. The van der Waals surface area contributed by atoms with Gasteiger partial charge in [-0.15, -0.1) is 11.3 Å². The minimum Gasteiger partial charge on any atom is -0.480 e. The van der Waals surface area contributed by atoms with Gasteiger partial charge in [0.2, 0.25) is 0 Å². The van der Waals surface area contributed by atoms with Crippen LogP contribution in [0.15, 0.2) is 33.8 Å². The molecule has 7 heteroatoms. The van der Waals surface area contributed by atoms with Crippen LogP contribution in [-0.2, 0) is 15.0 Å². The topological polar surface area (TPSA) is 74.6 Å². The number of hydrogen-bond acceptors (Lipinski definition) is 3. The van der Waals surface area contributed by atoms with Crippen LogP contribution in [0.1, 0.15) is 18.2 Å². The van der Waals surface area contributed by atoms with E-state index in [1.165, 1.54) is 6.08 Å². The van der Waals surface area contributed by atoms with Gasteiger partial charge in [-0.2, -0.15) is 0 Å². The van der Waals surface area contributed by atoms with Gasteiger partial charge in [-0.1, -0.05) is 27.5 Å². The molecule has 1 aromatic rings. The van der Waals surface area contributed by atoms with Crippen LogP contribution in [0.4, 0.5) is 0 Å². The van der Waals surface area contributed by atoms with Crippen molar-refractivity contribution in [3.05, 3.63) is 43.1 Å². The molecule has 4 nitrogen and oxygen atoms in total. The average molecular weight is 378 g/mol. The standard InChI is InChI=1S/C13H10BrClO4S/c1-6-4-7(11(16)17)5-13(10(6)14,12(18)19)8-2-3-9(15)20-8/h2-4H,5H2,1H3,(H,16,17)(H,18,19). The zero-order chi connectivity index (χ0) is 15.1. The molecule has 1 unspecified atom stereocenters. The lowest BCUT2D eigenvalue weighted by molar-refractivity contribution is -0.142. The molecule has 0 spiro atoms. The minimum absolute atomic E-state index is 0.0672. The number of carboxylic acids is 2. The van der Waals surface area contributed by atoms with Gasteiger partial charge in [0.1, 0.15) is 5.41 Å². The number of hydrogen-bond donors (Lipinski definition) is 2. The Bertz CT molecular complexity index is 661. The molecule has 0 aromatic carbocycles. The molecule has 0 saturated carbocycles. The second-order valence-corrected chi connectivity index (χ2v) is 6.97. The van der Waals surface area contributed by atoms with Crippen LogP contribution in [0, 0.1) is 0 Å². The normalized spacial score (nSPS) is 22.6. The highest BCUT2D eigenvalue weighted by Crippen LogP contribution is 2.49. The fourth-order valence-electron chi connectivity index (χ4n) is 2.23. The number of thiophene rings is 1. The number of allylic oxidation sites excluding steroid dienone is 2. The number of rotatable bonds is 3. The summed E-state index contributed by atoms with van der Waals surface area (Å²) in [5.41, 5.74) is -0.775. The van der Waals surface area contributed by atoms with Crippen molar-refractivity contribution in [1.29, 1.82) is 0 Å². The van der Waals surface area contributed by atoms with Crippen molar-refractivity contribution in [3.8, 4) is 0 Å². The summed E-state index contributed by atoms with van der Waals surface area (Å²) in [5.74, 6) is -2.22. The molecule has 0 bridgehead atoms. The van der Waals surface area contributed by atoms with Gasteiger partial charge in [0, 0.05) is 21.4 Å². The summed E-state index contributed by atoms with van der Waals surface area (Å²) in [6.45, 7) is 1.68. The second kappa shape index (κ2) is 5.35. The molecule has 1 atom stereocenters. The van der Waals surface area contributed by atoms with Crippen LogP contribution in [0.25, 0.3) is 0 Å². The lowest BCUT2D eigenvalue weighted by Crippen LogP contribution is -2.39. The highest BCUT2D eigenvalue weighted by atomic mass is 79.9. The summed E-state index contributed by atoms with van der Waals surface area (Å²) in [6, 6.07) is 3.24. The maximum absolute atomic E-state index is 11.9. The Hall–Kier alpha value is -1.11. The third-order valence-electron chi connectivity index (χ3n) is 3.20. The van der Waals surface area contributed by atoms with E-state index in [-0.39, 0.29) is 12.0 Å². The molecule has 2 N–H and O–H groups in total. The maximum Gasteiger partial charge on any atom is 0.331 e. The molecule has 2 rings (SSSR count). The molecule has 0 fully saturated rings. The van der Waals surface area contributed by atoms with E-state index in [4.69, 9.17) is 11.6 Å². The smallest absolute Gasteiger partial charge is 0.331 e.